The third-order valence-electron chi connectivity index (χ3n) is 4.88. The van der Waals surface area contributed by atoms with Gasteiger partial charge in [-0.05, 0) is 31.0 Å². The standard InChI is InChI=1S/C18H16N6/c19-18-22-14-5-2-1-4-13(14)16(23-18)11-8-12(9-11)24-10-21-15-6-3-7-20-17(15)24/h1-7,10-12H,8-9H2,(H2,19,22,23). The Labute approximate surface area is 138 Å². The third kappa shape index (κ3) is 1.96. The van der Waals surface area contributed by atoms with Crippen LogP contribution in [0, 0.1) is 0 Å². The maximum atomic E-state index is 5.90. The Bertz CT molecular complexity index is 1050. The van der Waals surface area contributed by atoms with Gasteiger partial charge in [-0.3, -0.25) is 0 Å². The molecule has 3 heterocycles. The van der Waals surface area contributed by atoms with E-state index in [0.717, 1.165) is 40.6 Å². The number of para-hydroxylation sites is 1. The zero-order chi connectivity index (χ0) is 16.1. The molecular weight excluding hydrogens is 300 g/mol. The maximum absolute atomic E-state index is 5.90. The lowest BCUT2D eigenvalue weighted by Gasteiger charge is -2.36. The van der Waals surface area contributed by atoms with Gasteiger partial charge < -0.3 is 10.3 Å². The molecule has 1 aliphatic carbocycles. The number of benzene rings is 1. The molecule has 0 amide bonds. The van der Waals surface area contributed by atoms with E-state index in [0.29, 0.717) is 17.9 Å². The molecule has 1 fully saturated rings. The smallest absolute Gasteiger partial charge is 0.220 e. The van der Waals surface area contributed by atoms with Gasteiger partial charge in [0.05, 0.1) is 17.5 Å². The average Bonchev–Trinajstić information content (AvgIpc) is 2.97. The Morgan fingerprint density at radius 2 is 1.79 bits per heavy atom. The van der Waals surface area contributed by atoms with E-state index in [2.05, 4.69) is 30.6 Å². The molecule has 3 aromatic heterocycles. The van der Waals surface area contributed by atoms with Crippen LogP contribution in [0.4, 0.5) is 5.95 Å². The second kappa shape index (κ2) is 4.99. The fourth-order valence-corrected chi connectivity index (χ4v) is 3.60. The number of fused-ring (bicyclic) bond motifs is 2. The van der Waals surface area contributed by atoms with E-state index in [-0.39, 0.29) is 0 Å². The SMILES string of the molecule is Nc1nc(C2CC(n3cnc4cccnc43)C2)c2ccccc2n1. The Hall–Kier alpha value is -3.02. The maximum Gasteiger partial charge on any atom is 0.220 e. The van der Waals surface area contributed by atoms with E-state index in [1.807, 2.05) is 42.9 Å². The number of pyridine rings is 1. The van der Waals surface area contributed by atoms with E-state index >= 15 is 0 Å². The van der Waals surface area contributed by atoms with Crippen molar-refractivity contribution in [3.63, 3.8) is 0 Å². The van der Waals surface area contributed by atoms with Crippen LogP contribution in [0.15, 0.2) is 48.9 Å². The van der Waals surface area contributed by atoms with E-state index in [9.17, 15) is 0 Å². The Morgan fingerprint density at radius 3 is 2.71 bits per heavy atom. The van der Waals surface area contributed by atoms with Gasteiger partial charge in [0.2, 0.25) is 5.95 Å². The lowest BCUT2D eigenvalue weighted by Crippen LogP contribution is -2.26. The number of rotatable bonds is 2. The molecule has 118 valence electrons. The number of nitrogens with two attached hydrogens (primary N) is 1. The van der Waals surface area contributed by atoms with Crippen LogP contribution in [0.25, 0.3) is 22.1 Å². The minimum atomic E-state index is 0.349. The molecule has 0 spiro atoms. The van der Waals surface area contributed by atoms with Crippen molar-refractivity contribution in [1.82, 2.24) is 24.5 Å². The molecule has 0 radical (unpaired) electrons. The highest BCUT2D eigenvalue weighted by Gasteiger charge is 2.34. The van der Waals surface area contributed by atoms with Crippen molar-refractivity contribution < 1.29 is 0 Å². The Kier molecular flexibility index (Phi) is 2.79. The number of aromatic nitrogens is 5. The van der Waals surface area contributed by atoms with Crippen LogP contribution in [-0.4, -0.2) is 24.5 Å². The molecule has 1 aromatic carbocycles. The average molecular weight is 316 g/mol. The molecule has 2 N–H and O–H groups in total. The first-order valence-electron chi connectivity index (χ1n) is 8.09. The zero-order valence-corrected chi connectivity index (χ0v) is 13.0. The van der Waals surface area contributed by atoms with Crippen LogP contribution >= 0.6 is 0 Å². The Balaban J connectivity index is 1.48. The van der Waals surface area contributed by atoms with Gasteiger partial charge in [0.25, 0.3) is 0 Å². The number of nitrogens with zero attached hydrogens (tertiary/aromatic N) is 5. The summed E-state index contributed by atoms with van der Waals surface area (Å²) in [6, 6.07) is 12.4. The largest absolute Gasteiger partial charge is 0.368 e. The van der Waals surface area contributed by atoms with Gasteiger partial charge in [-0.25, -0.2) is 19.9 Å². The normalized spacial score (nSPS) is 20.3. The fraction of sp³-hybridized carbons (Fsp3) is 0.222. The predicted octanol–water partition coefficient (Wildman–Crippen LogP) is 3.08. The highest BCUT2D eigenvalue weighted by atomic mass is 15.1. The van der Waals surface area contributed by atoms with Crippen molar-refractivity contribution in [2.24, 2.45) is 0 Å². The summed E-state index contributed by atoms with van der Waals surface area (Å²) in [7, 11) is 0. The highest BCUT2D eigenvalue weighted by molar-refractivity contribution is 5.82. The number of hydrogen-bond acceptors (Lipinski definition) is 5. The number of imidazole rings is 1. The first-order chi connectivity index (χ1) is 11.8. The van der Waals surface area contributed by atoms with Crippen LogP contribution in [0.3, 0.4) is 0 Å². The molecule has 0 saturated heterocycles. The van der Waals surface area contributed by atoms with E-state index in [1.165, 1.54) is 0 Å². The van der Waals surface area contributed by atoms with E-state index in [1.54, 1.807) is 0 Å². The summed E-state index contributed by atoms with van der Waals surface area (Å²) in [5.74, 6) is 0.744. The summed E-state index contributed by atoms with van der Waals surface area (Å²) in [4.78, 5) is 17.8. The molecule has 1 saturated carbocycles. The van der Waals surface area contributed by atoms with Gasteiger partial charge in [-0.1, -0.05) is 18.2 Å². The van der Waals surface area contributed by atoms with Crippen LogP contribution in [0.2, 0.25) is 0 Å². The summed E-state index contributed by atoms with van der Waals surface area (Å²) < 4.78 is 2.18. The monoisotopic (exact) mass is 316 g/mol. The van der Waals surface area contributed by atoms with Crippen molar-refractivity contribution in [3.8, 4) is 0 Å². The highest BCUT2D eigenvalue weighted by Crippen LogP contribution is 2.46. The molecule has 1 aliphatic rings. The second-order valence-electron chi connectivity index (χ2n) is 6.30. The lowest BCUT2D eigenvalue weighted by molar-refractivity contribution is 0.266. The molecule has 4 aromatic rings. The summed E-state index contributed by atoms with van der Waals surface area (Å²) in [5, 5.41) is 1.10. The van der Waals surface area contributed by atoms with Crippen LogP contribution in [0.1, 0.15) is 30.5 Å². The zero-order valence-electron chi connectivity index (χ0n) is 13.0. The van der Waals surface area contributed by atoms with Gasteiger partial charge >= 0.3 is 0 Å². The molecule has 0 atom stereocenters. The molecule has 5 rings (SSSR count). The molecule has 24 heavy (non-hydrogen) atoms. The van der Waals surface area contributed by atoms with Crippen molar-refractivity contribution in [2.75, 3.05) is 5.73 Å². The van der Waals surface area contributed by atoms with Gasteiger partial charge in [0.15, 0.2) is 5.65 Å². The number of hydrogen-bond donors (Lipinski definition) is 1. The van der Waals surface area contributed by atoms with Crippen molar-refractivity contribution in [3.05, 3.63) is 54.6 Å². The first-order valence-corrected chi connectivity index (χ1v) is 8.09. The van der Waals surface area contributed by atoms with Crippen LogP contribution in [-0.2, 0) is 0 Å². The molecular formula is C18H16N6. The van der Waals surface area contributed by atoms with Gasteiger partial charge in [0.1, 0.15) is 5.52 Å². The summed E-state index contributed by atoms with van der Waals surface area (Å²) in [5.41, 5.74) is 9.77. The summed E-state index contributed by atoms with van der Waals surface area (Å²) in [6.45, 7) is 0. The molecule has 0 aliphatic heterocycles. The predicted molar refractivity (Wildman–Crippen MR) is 92.5 cm³/mol. The van der Waals surface area contributed by atoms with E-state index < -0.39 is 0 Å². The topological polar surface area (TPSA) is 82.5 Å². The Morgan fingerprint density at radius 1 is 0.958 bits per heavy atom. The fourth-order valence-electron chi connectivity index (χ4n) is 3.60. The molecule has 0 unspecified atom stereocenters. The van der Waals surface area contributed by atoms with Crippen molar-refractivity contribution in [2.45, 2.75) is 24.8 Å². The van der Waals surface area contributed by atoms with Crippen molar-refractivity contribution >= 4 is 28.0 Å². The minimum absolute atomic E-state index is 0.349. The van der Waals surface area contributed by atoms with Gasteiger partial charge in [-0.2, -0.15) is 0 Å². The third-order valence-corrected chi connectivity index (χ3v) is 4.88. The molecule has 0 bridgehead atoms. The minimum Gasteiger partial charge on any atom is -0.368 e. The summed E-state index contributed by atoms with van der Waals surface area (Å²) in [6.07, 6.45) is 5.74. The number of anilines is 1. The number of nitrogen functional groups attached to an aromatic ring is 1. The molecule has 6 heteroatoms. The van der Waals surface area contributed by atoms with Gasteiger partial charge in [-0.15, -0.1) is 0 Å². The first kappa shape index (κ1) is 13.4. The van der Waals surface area contributed by atoms with E-state index in [4.69, 9.17) is 5.73 Å². The molecule has 6 nitrogen and oxygen atoms in total. The van der Waals surface area contributed by atoms with Crippen LogP contribution < -0.4 is 5.73 Å². The lowest BCUT2D eigenvalue weighted by atomic mass is 9.77. The quantitative estimate of drug-likeness (QED) is 0.614. The second-order valence-corrected chi connectivity index (χ2v) is 6.30. The van der Waals surface area contributed by atoms with Crippen LogP contribution in [0.5, 0.6) is 0 Å². The summed E-state index contributed by atoms with van der Waals surface area (Å²) >= 11 is 0. The van der Waals surface area contributed by atoms with Crippen molar-refractivity contribution in [1.29, 1.82) is 0 Å². The van der Waals surface area contributed by atoms with Gasteiger partial charge in [0, 0.05) is 23.5 Å².